The topological polar surface area (TPSA) is 79.3 Å². The van der Waals surface area contributed by atoms with Crippen molar-refractivity contribution in [3.63, 3.8) is 0 Å². The highest BCUT2D eigenvalue weighted by Gasteiger charge is 2.27. The molecule has 24 heavy (non-hydrogen) atoms. The average molecular weight is 328 g/mol. The van der Waals surface area contributed by atoms with E-state index >= 15 is 0 Å². The Balaban J connectivity index is 1.63. The van der Waals surface area contributed by atoms with Crippen LogP contribution in [0.5, 0.6) is 0 Å². The molecule has 124 valence electrons. The average Bonchev–Trinajstić information content (AvgIpc) is 3.04. The Labute approximate surface area is 138 Å². The fourth-order valence-corrected chi connectivity index (χ4v) is 3.10. The van der Waals surface area contributed by atoms with Crippen molar-refractivity contribution < 1.29 is 19.1 Å². The predicted octanol–water partition coefficient (Wildman–Crippen LogP) is 2.99. The zero-order valence-corrected chi connectivity index (χ0v) is 12.9. The Bertz CT molecular complexity index is 761. The number of carboxylic acid groups (broad SMARTS) is 1. The van der Waals surface area contributed by atoms with E-state index < -0.39 is 5.97 Å². The number of nitrogens with one attached hydrogen (secondary N) is 1. The van der Waals surface area contributed by atoms with E-state index in [2.05, 4.69) is 10.3 Å². The van der Waals surface area contributed by atoms with E-state index in [0.29, 0.717) is 0 Å². The molecular weight excluding hydrogens is 311 g/mol. The Morgan fingerprint density at radius 3 is 2.62 bits per heavy atom. The van der Waals surface area contributed by atoms with Gasteiger partial charge in [-0.2, -0.15) is 0 Å². The van der Waals surface area contributed by atoms with Crippen molar-refractivity contribution in [2.24, 2.45) is 0 Å². The molecule has 1 aromatic carbocycles. The Morgan fingerprint density at radius 2 is 1.92 bits per heavy atom. The van der Waals surface area contributed by atoms with Crippen molar-refractivity contribution in [2.45, 2.75) is 31.2 Å². The van der Waals surface area contributed by atoms with Gasteiger partial charge in [0, 0.05) is 12.2 Å². The van der Waals surface area contributed by atoms with E-state index in [1.165, 1.54) is 30.5 Å². The lowest BCUT2D eigenvalue weighted by molar-refractivity contribution is 0.0696. The van der Waals surface area contributed by atoms with Crippen LogP contribution in [0.15, 0.2) is 42.6 Å². The monoisotopic (exact) mass is 328 g/mol. The van der Waals surface area contributed by atoms with E-state index in [1.807, 2.05) is 0 Å². The van der Waals surface area contributed by atoms with Crippen LogP contribution in [-0.2, 0) is 0 Å². The zero-order valence-electron chi connectivity index (χ0n) is 12.9. The molecule has 1 heterocycles. The smallest absolute Gasteiger partial charge is 0.335 e. The van der Waals surface area contributed by atoms with Gasteiger partial charge in [0.1, 0.15) is 11.5 Å². The molecule has 6 heteroatoms. The van der Waals surface area contributed by atoms with Gasteiger partial charge in [0.05, 0.1) is 5.56 Å². The summed E-state index contributed by atoms with van der Waals surface area (Å²) in [4.78, 5) is 27.1. The number of amides is 1. The molecule has 0 saturated heterocycles. The largest absolute Gasteiger partial charge is 0.478 e. The molecule has 1 aliphatic rings. The van der Waals surface area contributed by atoms with Crippen LogP contribution in [0.2, 0.25) is 0 Å². The van der Waals surface area contributed by atoms with Crippen molar-refractivity contribution in [3.8, 4) is 0 Å². The number of hydrogen-bond donors (Lipinski definition) is 2. The maximum atomic E-state index is 13.0. The minimum Gasteiger partial charge on any atom is -0.478 e. The standard InChI is InChI=1S/C18H17FN2O3/c19-14-4-1-11(2-5-14)12-3-6-15(9-12)21-17(22)16-10-13(18(23)24)7-8-20-16/h1-2,4-5,7-8,10,12,15H,3,6,9H2,(H,21,22)(H,23,24). The fourth-order valence-electron chi connectivity index (χ4n) is 3.10. The number of benzene rings is 1. The summed E-state index contributed by atoms with van der Waals surface area (Å²) in [6.07, 6.45) is 3.83. The van der Waals surface area contributed by atoms with E-state index in [0.717, 1.165) is 24.8 Å². The number of rotatable bonds is 4. The molecule has 0 aliphatic heterocycles. The summed E-state index contributed by atoms with van der Waals surface area (Å²) < 4.78 is 13.0. The second-order valence-corrected chi connectivity index (χ2v) is 5.97. The molecule has 1 amide bonds. The van der Waals surface area contributed by atoms with Crippen LogP contribution in [0.3, 0.4) is 0 Å². The lowest BCUT2D eigenvalue weighted by Gasteiger charge is -2.13. The molecule has 0 radical (unpaired) electrons. The molecule has 1 aromatic heterocycles. The first-order valence-electron chi connectivity index (χ1n) is 7.78. The molecule has 1 saturated carbocycles. The number of carbonyl (C=O) groups is 2. The minimum absolute atomic E-state index is 0.00263. The lowest BCUT2D eigenvalue weighted by Crippen LogP contribution is -2.33. The quantitative estimate of drug-likeness (QED) is 0.904. The maximum absolute atomic E-state index is 13.0. The number of carboxylic acids is 1. The van der Waals surface area contributed by atoms with Crippen LogP contribution in [0.1, 0.15) is 51.6 Å². The third kappa shape index (κ3) is 3.59. The molecule has 2 atom stereocenters. The molecule has 1 aliphatic carbocycles. The van der Waals surface area contributed by atoms with E-state index in [1.54, 1.807) is 12.1 Å². The Morgan fingerprint density at radius 1 is 1.17 bits per heavy atom. The Kier molecular flexibility index (Phi) is 4.55. The van der Waals surface area contributed by atoms with E-state index in [-0.39, 0.29) is 34.9 Å². The van der Waals surface area contributed by atoms with Crippen molar-refractivity contribution in [3.05, 3.63) is 65.2 Å². The summed E-state index contributed by atoms with van der Waals surface area (Å²) in [6.45, 7) is 0. The van der Waals surface area contributed by atoms with Gasteiger partial charge in [-0.15, -0.1) is 0 Å². The number of aromatic carboxylic acids is 1. The van der Waals surface area contributed by atoms with Crippen LogP contribution in [-0.4, -0.2) is 28.0 Å². The highest BCUT2D eigenvalue weighted by molar-refractivity contribution is 5.95. The lowest BCUT2D eigenvalue weighted by atomic mass is 9.97. The highest BCUT2D eigenvalue weighted by atomic mass is 19.1. The summed E-state index contributed by atoms with van der Waals surface area (Å²) in [7, 11) is 0. The van der Waals surface area contributed by atoms with Crippen molar-refractivity contribution >= 4 is 11.9 Å². The maximum Gasteiger partial charge on any atom is 0.335 e. The van der Waals surface area contributed by atoms with Crippen LogP contribution >= 0.6 is 0 Å². The van der Waals surface area contributed by atoms with Gasteiger partial charge in [-0.1, -0.05) is 12.1 Å². The van der Waals surface area contributed by atoms with Crippen LogP contribution in [0, 0.1) is 5.82 Å². The predicted molar refractivity (Wildman–Crippen MR) is 85.4 cm³/mol. The molecule has 0 spiro atoms. The third-order valence-electron chi connectivity index (χ3n) is 4.35. The molecule has 0 bridgehead atoms. The van der Waals surface area contributed by atoms with Crippen molar-refractivity contribution in [1.82, 2.24) is 10.3 Å². The summed E-state index contributed by atoms with van der Waals surface area (Å²) in [6, 6.07) is 9.07. The number of halogens is 1. The van der Waals surface area contributed by atoms with E-state index in [4.69, 9.17) is 5.11 Å². The molecule has 5 nitrogen and oxygen atoms in total. The second kappa shape index (κ2) is 6.78. The number of pyridine rings is 1. The van der Waals surface area contributed by atoms with Gasteiger partial charge >= 0.3 is 5.97 Å². The van der Waals surface area contributed by atoms with Gasteiger partial charge in [0.15, 0.2) is 0 Å². The van der Waals surface area contributed by atoms with Gasteiger partial charge < -0.3 is 10.4 Å². The molecule has 3 rings (SSSR count). The number of aromatic nitrogens is 1. The first kappa shape index (κ1) is 16.1. The summed E-state index contributed by atoms with van der Waals surface area (Å²) in [5, 5.41) is 11.9. The second-order valence-electron chi connectivity index (χ2n) is 5.97. The van der Waals surface area contributed by atoms with Gasteiger partial charge in [-0.05, 0) is 55.0 Å². The number of carbonyl (C=O) groups excluding carboxylic acids is 1. The molecule has 2 aromatic rings. The number of hydrogen-bond acceptors (Lipinski definition) is 3. The van der Waals surface area contributed by atoms with Gasteiger partial charge in [0.25, 0.3) is 5.91 Å². The van der Waals surface area contributed by atoms with E-state index in [9.17, 15) is 14.0 Å². The zero-order chi connectivity index (χ0) is 17.1. The molecular formula is C18H17FN2O3. The first-order chi connectivity index (χ1) is 11.5. The van der Waals surface area contributed by atoms with Gasteiger partial charge in [-0.25, -0.2) is 9.18 Å². The first-order valence-corrected chi connectivity index (χ1v) is 7.78. The highest BCUT2D eigenvalue weighted by Crippen LogP contribution is 2.34. The SMILES string of the molecule is O=C(O)c1ccnc(C(=O)NC2CCC(c3ccc(F)cc3)C2)c1. The summed E-state index contributed by atoms with van der Waals surface area (Å²) in [5.41, 5.74) is 1.20. The van der Waals surface area contributed by atoms with Crippen molar-refractivity contribution in [1.29, 1.82) is 0 Å². The summed E-state index contributed by atoms with van der Waals surface area (Å²) in [5.74, 6) is -1.44. The minimum atomic E-state index is -1.09. The van der Waals surface area contributed by atoms with Crippen LogP contribution in [0.4, 0.5) is 4.39 Å². The molecule has 2 N–H and O–H groups in total. The van der Waals surface area contributed by atoms with Crippen LogP contribution in [0.25, 0.3) is 0 Å². The van der Waals surface area contributed by atoms with Crippen molar-refractivity contribution in [2.75, 3.05) is 0 Å². The van der Waals surface area contributed by atoms with Gasteiger partial charge in [-0.3, -0.25) is 9.78 Å². The molecule has 1 fully saturated rings. The summed E-state index contributed by atoms with van der Waals surface area (Å²) >= 11 is 0. The normalized spacial score (nSPS) is 19.9. The third-order valence-corrected chi connectivity index (χ3v) is 4.35. The fraction of sp³-hybridized carbons (Fsp3) is 0.278. The Hall–Kier alpha value is -2.76. The number of nitrogens with zero attached hydrogens (tertiary/aromatic N) is 1. The molecule has 2 unspecified atom stereocenters. The van der Waals surface area contributed by atoms with Gasteiger partial charge in [0.2, 0.25) is 0 Å². The van der Waals surface area contributed by atoms with Crippen LogP contribution < -0.4 is 5.32 Å².